The number of benzene rings is 1. The Morgan fingerprint density at radius 2 is 1.95 bits per heavy atom. The van der Waals surface area contributed by atoms with Crippen LogP contribution in [0.4, 0.5) is 0 Å². The largest absolute Gasteiger partial charge is 0.352 e. The first kappa shape index (κ1) is 15.4. The molecule has 1 amide bonds. The van der Waals surface area contributed by atoms with Gasteiger partial charge in [0.2, 0.25) is 5.91 Å². The van der Waals surface area contributed by atoms with Gasteiger partial charge in [0.1, 0.15) is 0 Å². The number of nitrogens with one attached hydrogen (secondary N) is 1. The molecule has 1 aliphatic carbocycles. The number of aryl methyl sites for hydroxylation is 1. The third kappa shape index (κ3) is 4.86. The van der Waals surface area contributed by atoms with Crippen LogP contribution in [0.25, 0.3) is 0 Å². The van der Waals surface area contributed by atoms with Crippen molar-refractivity contribution < 1.29 is 4.79 Å². The first-order chi connectivity index (χ1) is 9.65. The van der Waals surface area contributed by atoms with Gasteiger partial charge in [-0.3, -0.25) is 4.79 Å². The zero-order valence-corrected chi connectivity index (χ0v) is 13.3. The monoisotopic (exact) mass is 291 g/mol. The van der Waals surface area contributed by atoms with E-state index in [1.165, 1.54) is 30.4 Å². The number of thioether (sulfide) groups is 1. The van der Waals surface area contributed by atoms with Crippen LogP contribution in [0.1, 0.15) is 43.7 Å². The van der Waals surface area contributed by atoms with Gasteiger partial charge in [0.15, 0.2) is 0 Å². The minimum Gasteiger partial charge on any atom is -0.352 e. The van der Waals surface area contributed by atoms with Crippen molar-refractivity contribution in [2.45, 2.75) is 51.3 Å². The minimum absolute atomic E-state index is 0.195. The maximum Gasteiger partial charge on any atom is 0.230 e. The second-order valence-corrected chi connectivity index (χ2v) is 6.90. The number of carbonyl (C=O) groups excluding carboxylic acids is 1. The highest BCUT2D eigenvalue weighted by Crippen LogP contribution is 2.23. The van der Waals surface area contributed by atoms with Crippen molar-refractivity contribution in [3.63, 3.8) is 0 Å². The fourth-order valence-corrected chi connectivity index (χ4v) is 3.52. The Kier molecular flexibility index (Phi) is 5.96. The second kappa shape index (κ2) is 7.72. The topological polar surface area (TPSA) is 29.1 Å². The Morgan fingerprint density at radius 3 is 2.65 bits per heavy atom. The fraction of sp³-hybridized carbons (Fsp3) is 0.588. The third-order valence-corrected chi connectivity index (χ3v) is 5.08. The van der Waals surface area contributed by atoms with E-state index in [0.29, 0.717) is 17.7 Å². The van der Waals surface area contributed by atoms with E-state index in [0.717, 1.165) is 12.2 Å². The Balaban J connectivity index is 1.68. The molecule has 1 aliphatic rings. The quantitative estimate of drug-likeness (QED) is 0.891. The van der Waals surface area contributed by atoms with Crippen LogP contribution in [0, 0.1) is 12.8 Å². The molecule has 1 aromatic carbocycles. The molecule has 0 heterocycles. The van der Waals surface area contributed by atoms with Crippen molar-refractivity contribution in [1.82, 2.24) is 5.32 Å². The lowest BCUT2D eigenvalue weighted by Crippen LogP contribution is -2.41. The number of amides is 1. The lowest BCUT2D eigenvalue weighted by Gasteiger charge is -2.29. The van der Waals surface area contributed by atoms with Gasteiger partial charge in [-0.25, -0.2) is 0 Å². The molecule has 0 bridgehead atoms. The van der Waals surface area contributed by atoms with Gasteiger partial charge in [-0.05, 0) is 31.2 Å². The molecule has 2 unspecified atom stereocenters. The molecule has 1 fully saturated rings. The molecule has 110 valence electrons. The third-order valence-electron chi connectivity index (χ3n) is 4.08. The van der Waals surface area contributed by atoms with E-state index >= 15 is 0 Å². The highest BCUT2D eigenvalue weighted by Gasteiger charge is 2.22. The molecule has 1 aromatic rings. The molecule has 20 heavy (non-hydrogen) atoms. The lowest BCUT2D eigenvalue weighted by molar-refractivity contribution is -0.119. The zero-order valence-electron chi connectivity index (χ0n) is 12.5. The van der Waals surface area contributed by atoms with Gasteiger partial charge in [0, 0.05) is 11.8 Å². The Labute approximate surface area is 126 Å². The SMILES string of the molecule is Cc1ccc(CSCC(=O)NC2CCCCC2C)cc1. The molecular weight excluding hydrogens is 266 g/mol. The molecule has 3 heteroatoms. The number of rotatable bonds is 5. The summed E-state index contributed by atoms with van der Waals surface area (Å²) in [7, 11) is 0. The Hall–Kier alpha value is -0.960. The predicted molar refractivity (Wildman–Crippen MR) is 86.9 cm³/mol. The summed E-state index contributed by atoms with van der Waals surface area (Å²) in [6, 6.07) is 8.93. The van der Waals surface area contributed by atoms with Crippen LogP contribution in [0.15, 0.2) is 24.3 Å². The summed E-state index contributed by atoms with van der Waals surface area (Å²) >= 11 is 1.70. The Morgan fingerprint density at radius 1 is 1.25 bits per heavy atom. The summed E-state index contributed by atoms with van der Waals surface area (Å²) in [5.41, 5.74) is 2.57. The number of hydrogen-bond acceptors (Lipinski definition) is 2. The molecule has 2 atom stereocenters. The summed E-state index contributed by atoms with van der Waals surface area (Å²) < 4.78 is 0. The van der Waals surface area contributed by atoms with Crippen LogP contribution in [0.3, 0.4) is 0 Å². The average molecular weight is 291 g/mol. The van der Waals surface area contributed by atoms with Crippen LogP contribution >= 0.6 is 11.8 Å². The Bertz CT molecular complexity index is 429. The van der Waals surface area contributed by atoms with Gasteiger partial charge in [-0.15, -0.1) is 11.8 Å². The van der Waals surface area contributed by atoms with Gasteiger partial charge in [0.25, 0.3) is 0 Å². The van der Waals surface area contributed by atoms with E-state index in [2.05, 4.69) is 43.4 Å². The maximum absolute atomic E-state index is 12.0. The lowest BCUT2D eigenvalue weighted by atomic mass is 9.86. The van der Waals surface area contributed by atoms with Crippen molar-refractivity contribution in [3.8, 4) is 0 Å². The van der Waals surface area contributed by atoms with E-state index in [1.54, 1.807) is 11.8 Å². The van der Waals surface area contributed by atoms with Crippen molar-refractivity contribution in [1.29, 1.82) is 0 Å². The highest BCUT2D eigenvalue weighted by molar-refractivity contribution is 7.99. The maximum atomic E-state index is 12.0. The second-order valence-electron chi connectivity index (χ2n) is 5.91. The standard InChI is InChI=1S/C17H25NOS/c1-13-7-9-15(10-8-13)11-20-12-17(19)18-16-6-4-3-5-14(16)2/h7-10,14,16H,3-6,11-12H2,1-2H3,(H,18,19). The van der Waals surface area contributed by atoms with Gasteiger partial charge in [-0.1, -0.05) is 49.6 Å². The molecule has 0 aromatic heterocycles. The summed E-state index contributed by atoms with van der Waals surface area (Å²) in [6.45, 7) is 4.35. The van der Waals surface area contributed by atoms with Crippen molar-refractivity contribution in [2.75, 3.05) is 5.75 Å². The first-order valence-corrected chi connectivity index (χ1v) is 8.73. The van der Waals surface area contributed by atoms with E-state index in [-0.39, 0.29) is 5.91 Å². The summed E-state index contributed by atoms with van der Waals surface area (Å²) in [4.78, 5) is 12.0. The van der Waals surface area contributed by atoms with Gasteiger partial charge in [-0.2, -0.15) is 0 Å². The minimum atomic E-state index is 0.195. The molecule has 0 aliphatic heterocycles. The molecule has 2 nitrogen and oxygen atoms in total. The molecule has 0 radical (unpaired) electrons. The molecule has 1 saturated carbocycles. The number of hydrogen-bond donors (Lipinski definition) is 1. The fourth-order valence-electron chi connectivity index (χ4n) is 2.73. The van der Waals surface area contributed by atoms with E-state index < -0.39 is 0 Å². The normalized spacial score (nSPS) is 22.5. The van der Waals surface area contributed by atoms with Crippen LogP contribution in [0.5, 0.6) is 0 Å². The van der Waals surface area contributed by atoms with Crippen LogP contribution in [0.2, 0.25) is 0 Å². The van der Waals surface area contributed by atoms with Crippen LogP contribution in [-0.2, 0) is 10.5 Å². The molecule has 1 N–H and O–H groups in total. The first-order valence-electron chi connectivity index (χ1n) is 7.58. The number of carbonyl (C=O) groups is 1. The van der Waals surface area contributed by atoms with Crippen molar-refractivity contribution >= 4 is 17.7 Å². The summed E-state index contributed by atoms with van der Waals surface area (Å²) in [5.74, 6) is 2.31. The van der Waals surface area contributed by atoms with Crippen molar-refractivity contribution in [3.05, 3.63) is 35.4 Å². The van der Waals surface area contributed by atoms with Gasteiger partial charge < -0.3 is 5.32 Å². The predicted octanol–water partition coefficient (Wildman–Crippen LogP) is 3.92. The van der Waals surface area contributed by atoms with E-state index in [1.807, 2.05) is 0 Å². The zero-order chi connectivity index (χ0) is 14.4. The molecular formula is C17H25NOS. The van der Waals surface area contributed by atoms with Crippen molar-refractivity contribution in [2.24, 2.45) is 5.92 Å². The summed E-state index contributed by atoms with van der Waals surface area (Å²) in [5, 5.41) is 3.20. The summed E-state index contributed by atoms with van der Waals surface area (Å²) in [6.07, 6.45) is 4.97. The molecule has 2 rings (SSSR count). The van der Waals surface area contributed by atoms with Crippen LogP contribution in [-0.4, -0.2) is 17.7 Å². The average Bonchev–Trinajstić information content (AvgIpc) is 2.44. The van der Waals surface area contributed by atoms with Gasteiger partial charge in [0.05, 0.1) is 5.75 Å². The van der Waals surface area contributed by atoms with Gasteiger partial charge >= 0.3 is 0 Å². The van der Waals surface area contributed by atoms with Crippen LogP contribution < -0.4 is 5.32 Å². The van der Waals surface area contributed by atoms with E-state index in [4.69, 9.17) is 0 Å². The van der Waals surface area contributed by atoms with E-state index in [9.17, 15) is 4.79 Å². The smallest absolute Gasteiger partial charge is 0.230 e. The highest BCUT2D eigenvalue weighted by atomic mass is 32.2. The molecule has 0 spiro atoms. The molecule has 0 saturated heterocycles.